The number of allylic oxidation sites excluding steroid dienone is 2. The van der Waals surface area contributed by atoms with E-state index in [9.17, 15) is 14.9 Å². The first-order valence-corrected chi connectivity index (χ1v) is 13.3. The highest BCUT2D eigenvalue weighted by atomic mass is 32.2. The molecule has 0 unspecified atom stereocenters. The van der Waals surface area contributed by atoms with Crippen LogP contribution >= 0.6 is 11.8 Å². The summed E-state index contributed by atoms with van der Waals surface area (Å²) >= 11 is 1.75. The Balaban J connectivity index is 2.34. The number of piperazine rings is 1. The number of nitrogens with two attached hydrogens (primary N) is 2. The molecule has 1 saturated heterocycles. The van der Waals surface area contributed by atoms with Gasteiger partial charge in [-0.15, -0.1) is 0 Å². The van der Waals surface area contributed by atoms with Gasteiger partial charge in [0.05, 0.1) is 17.8 Å². The number of aliphatic imine (C=N–C) groups is 1. The van der Waals surface area contributed by atoms with Crippen LogP contribution in [0.4, 0.5) is 5.82 Å². The summed E-state index contributed by atoms with van der Waals surface area (Å²) in [4.78, 5) is 37.0. The van der Waals surface area contributed by atoms with E-state index in [1.54, 1.807) is 29.0 Å². The van der Waals surface area contributed by atoms with Gasteiger partial charge in [-0.1, -0.05) is 0 Å². The van der Waals surface area contributed by atoms with Crippen molar-refractivity contribution in [2.24, 2.45) is 16.5 Å². The van der Waals surface area contributed by atoms with Crippen LogP contribution in [0, 0.1) is 11.3 Å². The molecule has 194 valence electrons. The summed E-state index contributed by atoms with van der Waals surface area (Å²) in [5.41, 5.74) is 14.0. The Hall–Kier alpha value is -3.20. The maximum absolute atomic E-state index is 12.4. The minimum Gasteiger partial charge on any atom is -0.403 e. The van der Waals surface area contributed by atoms with Crippen molar-refractivity contribution in [3.63, 3.8) is 0 Å². The summed E-state index contributed by atoms with van der Waals surface area (Å²) < 4.78 is 0. The standard InChI is InChI=1S/C25H36N8O2S/c1-32-10-11-33(24(35)17-32)16-20-13-19(5-3-7-26)25(31-23(20)18-34)30-9-6-22(21(14-27)15-28)29-8-4-12-36-2/h6,9,13-14,18,29H,3-5,7-8,10-12,16-17,26-27H2,1-2H3. The highest BCUT2D eigenvalue weighted by Gasteiger charge is 2.23. The van der Waals surface area contributed by atoms with E-state index >= 15 is 0 Å². The minimum atomic E-state index is 0.0233. The number of carbonyl (C=O) groups excluding carboxylic acids is 2. The van der Waals surface area contributed by atoms with Gasteiger partial charge < -0.3 is 21.7 Å². The molecule has 2 heterocycles. The van der Waals surface area contributed by atoms with Crippen LogP contribution < -0.4 is 16.8 Å². The van der Waals surface area contributed by atoms with Gasteiger partial charge in [-0.2, -0.15) is 17.0 Å². The zero-order valence-corrected chi connectivity index (χ0v) is 21.9. The Bertz CT molecular complexity index is 1030. The van der Waals surface area contributed by atoms with E-state index in [1.807, 2.05) is 24.3 Å². The lowest BCUT2D eigenvalue weighted by molar-refractivity contribution is -0.136. The smallest absolute Gasteiger partial charge is 0.237 e. The summed E-state index contributed by atoms with van der Waals surface area (Å²) in [5, 5.41) is 12.6. The molecule has 1 amide bonds. The molecule has 0 saturated carbocycles. The molecule has 0 aliphatic carbocycles. The van der Waals surface area contributed by atoms with Crippen LogP contribution in [0.15, 0.2) is 34.6 Å². The van der Waals surface area contributed by atoms with Gasteiger partial charge in [-0.3, -0.25) is 14.5 Å². The average molecular weight is 513 g/mol. The molecule has 0 bridgehead atoms. The zero-order valence-electron chi connectivity index (χ0n) is 21.1. The number of aromatic nitrogens is 1. The molecule has 1 fully saturated rings. The second kappa shape index (κ2) is 15.7. The summed E-state index contributed by atoms with van der Waals surface area (Å²) in [7, 11) is 1.91. The number of nitriles is 1. The molecule has 2 rings (SSSR count). The van der Waals surface area contributed by atoms with Crippen molar-refractivity contribution in [3.05, 3.63) is 46.4 Å². The fourth-order valence-corrected chi connectivity index (χ4v) is 4.11. The van der Waals surface area contributed by atoms with Crippen molar-refractivity contribution in [1.82, 2.24) is 20.1 Å². The third kappa shape index (κ3) is 8.78. The van der Waals surface area contributed by atoms with Crippen molar-refractivity contribution < 1.29 is 9.59 Å². The fourth-order valence-electron chi connectivity index (χ4n) is 3.68. The molecule has 0 aromatic carbocycles. The Labute approximate surface area is 217 Å². The van der Waals surface area contributed by atoms with E-state index in [0.717, 1.165) is 30.7 Å². The summed E-state index contributed by atoms with van der Waals surface area (Å²) in [6.45, 7) is 3.24. The highest BCUT2D eigenvalue weighted by Crippen LogP contribution is 2.23. The predicted octanol–water partition coefficient (Wildman–Crippen LogP) is 1.35. The average Bonchev–Trinajstić information content (AvgIpc) is 2.87. The first-order chi connectivity index (χ1) is 17.5. The molecule has 5 N–H and O–H groups in total. The number of thioether (sulfide) groups is 1. The van der Waals surface area contributed by atoms with E-state index in [-0.39, 0.29) is 11.6 Å². The normalized spacial score (nSPS) is 15.4. The number of likely N-dealkylation sites (N-methyl/N-ethyl adjacent to an activating group) is 1. The third-order valence-corrected chi connectivity index (χ3v) is 6.38. The Morgan fingerprint density at radius 2 is 2.17 bits per heavy atom. The minimum absolute atomic E-state index is 0.0233. The number of rotatable bonds is 14. The molecule has 0 spiro atoms. The number of aryl methyl sites for hydroxylation is 1. The van der Waals surface area contributed by atoms with Crippen LogP contribution in [-0.4, -0.2) is 85.0 Å². The molecule has 1 aromatic heterocycles. The van der Waals surface area contributed by atoms with Crippen molar-refractivity contribution >= 4 is 36.0 Å². The largest absolute Gasteiger partial charge is 0.403 e. The molecule has 0 radical (unpaired) electrons. The van der Waals surface area contributed by atoms with Crippen LogP contribution in [0.3, 0.4) is 0 Å². The zero-order chi connectivity index (χ0) is 26.3. The van der Waals surface area contributed by atoms with Crippen molar-refractivity contribution in [1.29, 1.82) is 5.26 Å². The number of hydrogen-bond donors (Lipinski definition) is 3. The molecule has 1 aliphatic rings. The lowest BCUT2D eigenvalue weighted by atomic mass is 10.0. The number of amides is 1. The van der Waals surface area contributed by atoms with Gasteiger partial charge in [0.2, 0.25) is 5.91 Å². The van der Waals surface area contributed by atoms with Gasteiger partial charge >= 0.3 is 0 Å². The van der Waals surface area contributed by atoms with Gasteiger partial charge in [0, 0.05) is 44.2 Å². The fraction of sp³-hybridized carbons (Fsp3) is 0.480. The molecule has 1 aliphatic heterocycles. The molecule has 11 heteroatoms. The number of nitrogens with zero attached hydrogens (tertiary/aromatic N) is 5. The van der Waals surface area contributed by atoms with E-state index in [0.29, 0.717) is 68.1 Å². The van der Waals surface area contributed by atoms with E-state index < -0.39 is 0 Å². The number of hydrogen-bond acceptors (Lipinski definition) is 10. The Morgan fingerprint density at radius 3 is 2.81 bits per heavy atom. The lowest BCUT2D eigenvalue weighted by Crippen LogP contribution is -2.48. The summed E-state index contributed by atoms with van der Waals surface area (Å²) in [6.07, 6.45) is 9.51. The number of carbonyl (C=O) groups is 2. The van der Waals surface area contributed by atoms with Crippen molar-refractivity contribution in [2.75, 3.05) is 51.8 Å². The van der Waals surface area contributed by atoms with Gasteiger partial charge in [0.25, 0.3) is 0 Å². The molecular formula is C25H36N8O2S. The highest BCUT2D eigenvalue weighted by molar-refractivity contribution is 7.98. The maximum atomic E-state index is 12.4. The first kappa shape index (κ1) is 29.0. The Morgan fingerprint density at radius 1 is 1.36 bits per heavy atom. The van der Waals surface area contributed by atoms with Crippen LogP contribution in [0.1, 0.15) is 34.5 Å². The van der Waals surface area contributed by atoms with Gasteiger partial charge in [0.15, 0.2) is 12.1 Å². The molecular weight excluding hydrogens is 476 g/mol. The summed E-state index contributed by atoms with van der Waals surface area (Å²) in [6, 6.07) is 3.98. The van der Waals surface area contributed by atoms with Gasteiger partial charge in [0.1, 0.15) is 11.8 Å². The van der Waals surface area contributed by atoms with E-state index in [4.69, 9.17) is 11.5 Å². The van der Waals surface area contributed by atoms with Crippen LogP contribution in [0.25, 0.3) is 0 Å². The van der Waals surface area contributed by atoms with Crippen LogP contribution in [0.5, 0.6) is 0 Å². The third-order valence-electron chi connectivity index (χ3n) is 5.68. The van der Waals surface area contributed by atoms with E-state index in [2.05, 4.69) is 21.4 Å². The van der Waals surface area contributed by atoms with Crippen LogP contribution in [0.2, 0.25) is 0 Å². The number of aldehydes is 1. The monoisotopic (exact) mass is 512 g/mol. The molecule has 10 nitrogen and oxygen atoms in total. The molecule has 1 aromatic rings. The van der Waals surface area contributed by atoms with Gasteiger partial charge in [-0.25, -0.2) is 9.98 Å². The predicted molar refractivity (Wildman–Crippen MR) is 145 cm³/mol. The summed E-state index contributed by atoms with van der Waals surface area (Å²) in [5.74, 6) is 1.43. The number of pyridine rings is 1. The molecule has 0 atom stereocenters. The van der Waals surface area contributed by atoms with Gasteiger partial charge in [-0.05, 0) is 62.6 Å². The topological polar surface area (TPSA) is 154 Å². The second-order valence-corrected chi connectivity index (χ2v) is 9.39. The van der Waals surface area contributed by atoms with Crippen molar-refractivity contribution in [3.8, 4) is 6.07 Å². The van der Waals surface area contributed by atoms with Crippen LogP contribution in [-0.2, 0) is 17.8 Å². The second-order valence-electron chi connectivity index (χ2n) is 8.40. The van der Waals surface area contributed by atoms with E-state index in [1.165, 1.54) is 6.20 Å². The Kier molecular flexibility index (Phi) is 12.7. The number of nitrogens with one attached hydrogen (secondary N) is 1. The first-order valence-electron chi connectivity index (χ1n) is 11.9. The maximum Gasteiger partial charge on any atom is 0.237 e. The van der Waals surface area contributed by atoms with Crippen molar-refractivity contribution in [2.45, 2.75) is 25.8 Å². The molecule has 36 heavy (non-hydrogen) atoms. The lowest BCUT2D eigenvalue weighted by Gasteiger charge is -2.32. The quantitative estimate of drug-likeness (QED) is 0.110. The SMILES string of the molecule is CSCCCNC(=CC=Nc1nc(C=O)c(CN2CCN(C)CC2=O)cc1CCCN)C(C#N)=CN.